The molecule has 186 valence electrons. The molecule has 2 atom stereocenters. The van der Waals surface area contributed by atoms with Gasteiger partial charge in [-0.1, -0.05) is 18.2 Å². The number of hydrogen-bond donors (Lipinski definition) is 1. The van der Waals surface area contributed by atoms with Crippen LogP contribution < -0.4 is 10.1 Å². The van der Waals surface area contributed by atoms with Gasteiger partial charge in [0, 0.05) is 23.9 Å². The lowest BCUT2D eigenvalue weighted by Crippen LogP contribution is -2.29. The van der Waals surface area contributed by atoms with E-state index in [0.29, 0.717) is 17.6 Å². The zero-order valence-corrected chi connectivity index (χ0v) is 19.0. The third kappa shape index (κ3) is 5.30. The molecule has 2 unspecified atom stereocenters. The number of rotatable bonds is 5. The summed E-state index contributed by atoms with van der Waals surface area (Å²) in [6.45, 7) is 3.75. The molecule has 2 heterocycles. The molecule has 3 aromatic rings. The molecule has 1 saturated carbocycles. The third-order valence-electron chi connectivity index (χ3n) is 5.99. The maximum absolute atomic E-state index is 14.5. The summed E-state index contributed by atoms with van der Waals surface area (Å²) in [7, 11) is 1.27. The Labute approximate surface area is 204 Å². The molecule has 10 heteroatoms. The van der Waals surface area contributed by atoms with Gasteiger partial charge in [0.15, 0.2) is 0 Å². The van der Waals surface area contributed by atoms with Crippen molar-refractivity contribution in [3.63, 3.8) is 0 Å². The molecule has 1 aliphatic carbocycles. The second-order valence-corrected chi connectivity index (χ2v) is 8.48. The Morgan fingerprint density at radius 2 is 1.92 bits per heavy atom. The molecule has 5 nitrogen and oxygen atoms in total. The van der Waals surface area contributed by atoms with Gasteiger partial charge in [-0.3, -0.25) is 4.79 Å². The van der Waals surface area contributed by atoms with Crippen molar-refractivity contribution in [3.05, 3.63) is 83.8 Å². The predicted octanol–water partition coefficient (Wildman–Crippen LogP) is 6.29. The number of carbonyl (C=O) groups excluding carboxylic acids is 1. The lowest BCUT2D eigenvalue weighted by atomic mass is 9.75. The number of methoxy groups -OCH3 is 1. The van der Waals surface area contributed by atoms with Crippen molar-refractivity contribution in [2.24, 2.45) is 5.92 Å². The number of ether oxygens (including phenoxy) is 1. The van der Waals surface area contributed by atoms with E-state index in [1.54, 1.807) is 0 Å². The van der Waals surface area contributed by atoms with E-state index in [1.165, 1.54) is 31.5 Å². The lowest BCUT2D eigenvalue weighted by Gasteiger charge is -2.32. The van der Waals surface area contributed by atoms with Crippen LogP contribution in [0.4, 0.5) is 27.6 Å². The van der Waals surface area contributed by atoms with Crippen LogP contribution in [-0.2, 0) is 0 Å². The molecule has 0 spiro atoms. The fourth-order valence-electron chi connectivity index (χ4n) is 4.31. The van der Waals surface area contributed by atoms with Crippen molar-refractivity contribution in [1.29, 1.82) is 0 Å². The van der Waals surface area contributed by atoms with Crippen molar-refractivity contribution in [2.45, 2.75) is 31.4 Å². The number of halogens is 5. The maximum Gasteiger partial charge on any atom is 0.392 e. The Morgan fingerprint density at radius 3 is 2.58 bits per heavy atom. The van der Waals surface area contributed by atoms with Crippen LogP contribution in [0, 0.1) is 29.8 Å². The molecule has 0 radical (unpaired) electrons. The summed E-state index contributed by atoms with van der Waals surface area (Å²) < 4.78 is 74.1. The molecule has 2 aromatic heterocycles. The van der Waals surface area contributed by atoms with E-state index in [4.69, 9.17) is 4.74 Å². The number of allylic oxidation sites excluding steroid dienone is 1. The van der Waals surface area contributed by atoms with E-state index in [0.717, 1.165) is 12.1 Å². The van der Waals surface area contributed by atoms with Crippen molar-refractivity contribution in [3.8, 4) is 17.0 Å². The Balaban J connectivity index is 1.60. The fourth-order valence-corrected chi connectivity index (χ4v) is 4.31. The largest absolute Gasteiger partial charge is 0.497 e. The minimum absolute atomic E-state index is 0.0158. The number of pyridine rings is 1. The summed E-state index contributed by atoms with van der Waals surface area (Å²) in [6, 6.07) is 8.80. The average molecular weight is 501 g/mol. The number of aromatic nitrogens is 2. The van der Waals surface area contributed by atoms with E-state index in [9.17, 15) is 26.7 Å². The van der Waals surface area contributed by atoms with Gasteiger partial charge >= 0.3 is 6.18 Å². The minimum atomic E-state index is -4.38. The van der Waals surface area contributed by atoms with Crippen LogP contribution in [0.5, 0.6) is 5.75 Å². The Hall–Kier alpha value is -4.00. The number of amides is 1. The second kappa shape index (κ2) is 9.93. The van der Waals surface area contributed by atoms with Crippen molar-refractivity contribution in [2.75, 3.05) is 12.4 Å². The number of anilines is 1. The molecule has 0 saturated heterocycles. The van der Waals surface area contributed by atoms with Crippen molar-refractivity contribution in [1.82, 2.24) is 9.97 Å². The van der Waals surface area contributed by atoms with Crippen LogP contribution in [0.15, 0.2) is 48.7 Å². The standard InChI is InChI=1S/C26H20F5N3O2/c1-14-8-15(10-16(9-14)26(29,30)31)18-6-7-32-13-23(18)34-25(35)22-5-3-4-21(33-22)24-19(27)11-17(36-2)12-20(24)28/h3-5,11-13,15-16H,1,8-10H2,2H3,(H,34,35). The van der Waals surface area contributed by atoms with Crippen LogP contribution in [0.2, 0.25) is 0 Å². The van der Waals surface area contributed by atoms with E-state index in [1.807, 2.05) is 0 Å². The highest BCUT2D eigenvalue weighted by Gasteiger charge is 2.43. The van der Waals surface area contributed by atoms with E-state index in [-0.39, 0.29) is 35.7 Å². The summed E-state index contributed by atoms with van der Waals surface area (Å²) in [4.78, 5) is 20.8. The quantitative estimate of drug-likeness (QED) is 0.330. The number of nitrogens with one attached hydrogen (secondary N) is 1. The van der Waals surface area contributed by atoms with Gasteiger partial charge in [0.2, 0.25) is 0 Å². The van der Waals surface area contributed by atoms with Crippen LogP contribution in [0.3, 0.4) is 0 Å². The molecule has 1 fully saturated rings. The molecule has 0 aliphatic heterocycles. The smallest absolute Gasteiger partial charge is 0.392 e. The Bertz CT molecular complexity index is 1290. The highest BCUT2D eigenvalue weighted by molar-refractivity contribution is 6.03. The van der Waals surface area contributed by atoms with Crippen LogP contribution in [-0.4, -0.2) is 29.2 Å². The molecule has 0 bridgehead atoms. The first-order chi connectivity index (χ1) is 17.1. The monoisotopic (exact) mass is 501 g/mol. The molecule has 1 aliphatic rings. The first-order valence-corrected chi connectivity index (χ1v) is 10.9. The summed E-state index contributed by atoms with van der Waals surface area (Å²) in [6.07, 6.45) is -0.669. The molecule has 36 heavy (non-hydrogen) atoms. The van der Waals surface area contributed by atoms with E-state index >= 15 is 0 Å². The average Bonchev–Trinajstić information content (AvgIpc) is 2.83. The zero-order valence-electron chi connectivity index (χ0n) is 19.0. The summed E-state index contributed by atoms with van der Waals surface area (Å²) in [5.74, 6) is -4.76. The van der Waals surface area contributed by atoms with E-state index < -0.39 is 41.1 Å². The van der Waals surface area contributed by atoms with Gasteiger partial charge < -0.3 is 10.1 Å². The molecule has 4 rings (SSSR count). The van der Waals surface area contributed by atoms with Gasteiger partial charge in [0.25, 0.3) is 5.91 Å². The van der Waals surface area contributed by atoms with Crippen LogP contribution >= 0.6 is 0 Å². The SMILES string of the molecule is C=C1CC(c2c#cncc2NC(=O)c2cccc(-c3c(F)cc(OC)cc3F)n2)CC(C(F)(F)F)C1. The summed E-state index contributed by atoms with van der Waals surface area (Å²) in [5, 5.41) is 2.59. The number of benzene rings is 1. The summed E-state index contributed by atoms with van der Waals surface area (Å²) in [5.41, 5.74) is 0.193. The number of nitrogens with zero attached hydrogens (tertiary/aromatic N) is 2. The summed E-state index contributed by atoms with van der Waals surface area (Å²) >= 11 is 0. The van der Waals surface area contributed by atoms with Crippen LogP contribution in [0.25, 0.3) is 11.3 Å². The predicted molar refractivity (Wildman–Crippen MR) is 121 cm³/mol. The Kier molecular flexibility index (Phi) is 6.93. The van der Waals surface area contributed by atoms with Gasteiger partial charge in [0.1, 0.15) is 23.1 Å². The topological polar surface area (TPSA) is 64.1 Å². The first kappa shape index (κ1) is 25.1. The number of hydrogen-bond acceptors (Lipinski definition) is 4. The number of alkyl halides is 3. The second-order valence-electron chi connectivity index (χ2n) is 8.48. The molecular formula is C26H20F5N3O2. The van der Waals surface area contributed by atoms with Crippen LogP contribution in [0.1, 0.15) is 41.2 Å². The highest BCUT2D eigenvalue weighted by atomic mass is 19.4. The van der Waals surface area contributed by atoms with Gasteiger partial charge in [0.05, 0.1) is 36.2 Å². The maximum atomic E-state index is 14.5. The normalized spacial score (nSPS) is 17.9. The fraction of sp³-hybridized carbons (Fsp3) is 0.269. The number of carbonyl (C=O) groups is 1. The van der Waals surface area contributed by atoms with E-state index in [2.05, 4.69) is 34.1 Å². The van der Waals surface area contributed by atoms with Gasteiger partial charge in [-0.2, -0.15) is 13.2 Å². The lowest BCUT2D eigenvalue weighted by molar-refractivity contribution is -0.179. The zero-order chi connectivity index (χ0) is 26.0. The van der Waals surface area contributed by atoms with Crippen molar-refractivity contribution >= 4 is 11.6 Å². The van der Waals surface area contributed by atoms with Gasteiger partial charge in [-0.25, -0.2) is 18.7 Å². The molecular weight excluding hydrogens is 481 g/mol. The molecule has 1 amide bonds. The third-order valence-corrected chi connectivity index (χ3v) is 5.99. The van der Waals surface area contributed by atoms with Crippen molar-refractivity contribution < 1.29 is 31.5 Å². The Morgan fingerprint density at radius 1 is 1.19 bits per heavy atom. The first-order valence-electron chi connectivity index (χ1n) is 10.9. The molecule has 1 N–H and O–H groups in total. The van der Waals surface area contributed by atoms with Gasteiger partial charge in [-0.15, -0.1) is 0 Å². The highest BCUT2D eigenvalue weighted by Crippen LogP contribution is 2.46. The van der Waals surface area contributed by atoms with Gasteiger partial charge in [-0.05, 0) is 43.4 Å². The minimum Gasteiger partial charge on any atom is -0.497 e. The molecule has 1 aromatic carbocycles.